The van der Waals surface area contributed by atoms with Crippen LogP contribution in [0.1, 0.15) is 20.8 Å². The lowest BCUT2D eigenvalue weighted by Crippen LogP contribution is -2.44. The van der Waals surface area contributed by atoms with Crippen LogP contribution in [0.4, 0.5) is 0 Å². The normalized spacial score (nSPS) is 29.6. The Morgan fingerprint density at radius 2 is 2.26 bits per heavy atom. The maximum absolute atomic E-state index is 11.7. The molecule has 2 aliphatic rings. The van der Waals surface area contributed by atoms with Crippen molar-refractivity contribution in [1.29, 1.82) is 0 Å². The van der Waals surface area contributed by atoms with Crippen LogP contribution in [-0.4, -0.2) is 35.0 Å². The molecule has 0 fully saturated rings. The highest BCUT2D eigenvalue weighted by Crippen LogP contribution is 2.40. The Hall–Kier alpha value is -1.62. The average molecular weight is 284 g/mol. The lowest BCUT2D eigenvalue weighted by molar-refractivity contribution is -0.135. The minimum absolute atomic E-state index is 0.0228. The highest BCUT2D eigenvalue weighted by atomic mass is 35.5. The molecule has 0 saturated carbocycles. The number of esters is 1. The van der Waals surface area contributed by atoms with Crippen molar-refractivity contribution in [1.82, 2.24) is 0 Å². The van der Waals surface area contributed by atoms with Gasteiger partial charge in [-0.2, -0.15) is 0 Å². The highest BCUT2D eigenvalue weighted by molar-refractivity contribution is 6.51. The molecule has 2 atom stereocenters. The van der Waals surface area contributed by atoms with Crippen molar-refractivity contribution in [2.75, 3.05) is 6.61 Å². The van der Waals surface area contributed by atoms with Gasteiger partial charge in [-0.3, -0.25) is 4.79 Å². The van der Waals surface area contributed by atoms with Gasteiger partial charge in [-0.15, -0.1) is 11.6 Å². The van der Waals surface area contributed by atoms with Crippen LogP contribution in [0.25, 0.3) is 0 Å². The van der Waals surface area contributed by atoms with Crippen LogP contribution in [0, 0.1) is 0 Å². The SMILES string of the molecule is CCOC(=O)C1=NO[C@]2(C=CC(=O)C(C)=C2C)[C@@H]1Cl. The molecule has 0 unspecified atom stereocenters. The van der Waals surface area contributed by atoms with E-state index in [4.69, 9.17) is 21.2 Å². The second-order valence-corrected chi connectivity index (χ2v) is 4.83. The fourth-order valence-corrected chi connectivity index (χ4v) is 2.47. The zero-order valence-electron chi connectivity index (χ0n) is 10.9. The number of carbonyl (C=O) groups excluding carboxylic acids is 2. The van der Waals surface area contributed by atoms with Gasteiger partial charge in [0.2, 0.25) is 0 Å². The Labute approximate surface area is 115 Å². The second kappa shape index (κ2) is 4.81. The first-order valence-electron chi connectivity index (χ1n) is 5.92. The van der Waals surface area contributed by atoms with Gasteiger partial charge in [0.15, 0.2) is 17.1 Å². The quantitative estimate of drug-likeness (QED) is 0.572. The van der Waals surface area contributed by atoms with Crippen LogP contribution in [-0.2, 0) is 19.2 Å². The molecule has 2 rings (SSSR count). The van der Waals surface area contributed by atoms with Gasteiger partial charge in [-0.25, -0.2) is 4.79 Å². The van der Waals surface area contributed by atoms with E-state index < -0.39 is 16.9 Å². The molecule has 19 heavy (non-hydrogen) atoms. The summed E-state index contributed by atoms with van der Waals surface area (Å²) in [6.07, 6.45) is 2.94. The number of alkyl halides is 1. The third kappa shape index (κ3) is 1.98. The number of hydrogen-bond donors (Lipinski definition) is 0. The molecule has 1 spiro atoms. The lowest BCUT2D eigenvalue weighted by atomic mass is 9.81. The predicted molar refractivity (Wildman–Crippen MR) is 70.0 cm³/mol. The zero-order valence-corrected chi connectivity index (χ0v) is 11.7. The van der Waals surface area contributed by atoms with E-state index in [0.717, 1.165) is 0 Å². The molecule has 1 heterocycles. The summed E-state index contributed by atoms with van der Waals surface area (Å²) in [7, 11) is 0. The second-order valence-electron chi connectivity index (χ2n) is 4.39. The van der Waals surface area contributed by atoms with Crippen LogP contribution in [0.2, 0.25) is 0 Å². The molecule has 0 aromatic heterocycles. The Balaban J connectivity index is 2.34. The summed E-state index contributed by atoms with van der Waals surface area (Å²) in [5.41, 5.74) is 0.160. The fourth-order valence-electron chi connectivity index (χ4n) is 2.07. The highest BCUT2D eigenvalue weighted by Gasteiger charge is 2.52. The van der Waals surface area contributed by atoms with E-state index in [9.17, 15) is 9.59 Å². The van der Waals surface area contributed by atoms with Crippen LogP contribution >= 0.6 is 11.6 Å². The van der Waals surface area contributed by atoms with Gasteiger partial charge in [0.25, 0.3) is 0 Å². The minimum Gasteiger partial charge on any atom is -0.461 e. The van der Waals surface area contributed by atoms with Gasteiger partial charge in [0.05, 0.1) is 6.61 Å². The Morgan fingerprint density at radius 1 is 1.58 bits per heavy atom. The van der Waals surface area contributed by atoms with E-state index in [-0.39, 0.29) is 18.1 Å². The van der Waals surface area contributed by atoms with Crippen LogP contribution < -0.4 is 0 Å². The summed E-state index contributed by atoms with van der Waals surface area (Å²) >= 11 is 6.30. The van der Waals surface area contributed by atoms with Gasteiger partial charge >= 0.3 is 5.97 Å². The van der Waals surface area contributed by atoms with Crippen molar-refractivity contribution in [3.8, 4) is 0 Å². The van der Waals surface area contributed by atoms with Gasteiger partial charge in [0.1, 0.15) is 5.38 Å². The van der Waals surface area contributed by atoms with Crippen molar-refractivity contribution >= 4 is 29.1 Å². The van der Waals surface area contributed by atoms with Crippen molar-refractivity contribution in [3.63, 3.8) is 0 Å². The van der Waals surface area contributed by atoms with E-state index in [2.05, 4.69) is 5.16 Å². The Kier molecular flexibility index (Phi) is 3.49. The first-order valence-corrected chi connectivity index (χ1v) is 6.36. The lowest BCUT2D eigenvalue weighted by Gasteiger charge is -2.31. The van der Waals surface area contributed by atoms with Crippen molar-refractivity contribution in [2.45, 2.75) is 31.7 Å². The summed E-state index contributed by atoms with van der Waals surface area (Å²) in [4.78, 5) is 28.7. The molecule has 5 nitrogen and oxygen atoms in total. The minimum atomic E-state index is -1.07. The fraction of sp³-hybridized carbons (Fsp3) is 0.462. The van der Waals surface area contributed by atoms with Crippen molar-refractivity contribution in [3.05, 3.63) is 23.3 Å². The monoisotopic (exact) mass is 283 g/mol. The molecule has 1 aliphatic heterocycles. The molecule has 0 aromatic carbocycles. The maximum atomic E-state index is 11.7. The van der Waals surface area contributed by atoms with E-state index >= 15 is 0 Å². The first kappa shape index (κ1) is 13.8. The first-order chi connectivity index (χ1) is 8.94. The molecule has 1 aliphatic carbocycles. The number of oxime groups is 1. The smallest absolute Gasteiger partial charge is 0.357 e. The number of rotatable bonds is 2. The molecule has 0 aromatic rings. The van der Waals surface area contributed by atoms with Crippen LogP contribution in [0.5, 0.6) is 0 Å². The number of halogens is 1. The van der Waals surface area contributed by atoms with Crippen molar-refractivity contribution in [2.24, 2.45) is 5.16 Å². The number of hydrogen-bond acceptors (Lipinski definition) is 5. The number of carbonyl (C=O) groups is 2. The molecule has 6 heteroatoms. The molecular weight excluding hydrogens is 270 g/mol. The topological polar surface area (TPSA) is 65.0 Å². The van der Waals surface area contributed by atoms with Gasteiger partial charge in [0, 0.05) is 0 Å². The van der Waals surface area contributed by atoms with Gasteiger partial charge in [-0.05, 0) is 44.1 Å². The van der Waals surface area contributed by atoms with Crippen molar-refractivity contribution < 1.29 is 19.2 Å². The van der Waals surface area contributed by atoms with E-state index in [1.54, 1.807) is 26.8 Å². The summed E-state index contributed by atoms with van der Waals surface area (Å²) < 4.78 is 4.87. The van der Waals surface area contributed by atoms with Crippen LogP contribution in [0.3, 0.4) is 0 Å². The molecule has 0 radical (unpaired) electrons. The largest absolute Gasteiger partial charge is 0.461 e. The molecule has 0 saturated heterocycles. The average Bonchev–Trinajstić information content (AvgIpc) is 2.71. The zero-order chi connectivity index (χ0) is 14.2. The van der Waals surface area contributed by atoms with E-state index in [1.165, 1.54) is 6.08 Å². The summed E-state index contributed by atoms with van der Waals surface area (Å²) in [6, 6.07) is 0. The summed E-state index contributed by atoms with van der Waals surface area (Å²) in [5, 5.41) is 2.92. The van der Waals surface area contributed by atoms with E-state index in [0.29, 0.717) is 11.1 Å². The van der Waals surface area contributed by atoms with Crippen LogP contribution in [0.15, 0.2) is 28.5 Å². The Morgan fingerprint density at radius 3 is 2.89 bits per heavy atom. The molecule has 0 bridgehead atoms. The molecule has 0 N–H and O–H groups in total. The number of allylic oxidation sites excluding steroid dienone is 2. The molecule has 0 amide bonds. The third-order valence-electron chi connectivity index (χ3n) is 3.40. The van der Waals surface area contributed by atoms with Gasteiger partial charge < -0.3 is 9.57 Å². The third-order valence-corrected chi connectivity index (χ3v) is 3.93. The van der Waals surface area contributed by atoms with E-state index in [1.807, 2.05) is 0 Å². The summed E-state index contributed by atoms with van der Waals surface area (Å²) in [5.74, 6) is -0.699. The standard InChI is InChI=1S/C13H14ClNO4/c1-4-18-12(17)10-11(14)13(19-15-10)6-5-9(16)7(2)8(13)3/h5-6,11H,4H2,1-3H3/t11-,13+/m1/s1. The number of ether oxygens (including phenoxy) is 1. The molecule has 102 valence electrons. The number of nitrogens with zero attached hydrogens (tertiary/aromatic N) is 1. The molecular formula is C13H14ClNO4. The van der Waals surface area contributed by atoms with Gasteiger partial charge in [-0.1, -0.05) is 5.16 Å². The predicted octanol–water partition coefficient (Wildman–Crippen LogP) is 1.76. The Bertz CT molecular complexity index is 535. The maximum Gasteiger partial charge on any atom is 0.357 e. The summed E-state index contributed by atoms with van der Waals surface area (Å²) in [6.45, 7) is 5.37. The number of ketones is 1.